The molecule has 9 heteroatoms. The average molecular weight is 481 g/mol. The maximum atomic E-state index is 14.0. The van der Waals surface area contributed by atoms with Crippen LogP contribution in [-0.4, -0.2) is 26.0 Å². The highest BCUT2D eigenvalue weighted by molar-refractivity contribution is 7.91. The maximum absolute atomic E-state index is 14.0. The molecular formula is C25H21FN2O5S. The number of rotatable bonds is 6. The molecule has 0 atom stereocenters. The van der Waals surface area contributed by atoms with Gasteiger partial charge in [0.1, 0.15) is 23.0 Å². The van der Waals surface area contributed by atoms with Crippen molar-refractivity contribution >= 4 is 32.3 Å². The molecule has 1 aromatic heterocycles. The lowest BCUT2D eigenvalue weighted by Gasteiger charge is -2.14. The van der Waals surface area contributed by atoms with Crippen molar-refractivity contribution in [3.63, 3.8) is 0 Å². The second-order valence-electron chi connectivity index (χ2n) is 7.71. The Morgan fingerprint density at radius 3 is 2.47 bits per heavy atom. The number of aryl methyl sites for hydroxylation is 1. The van der Waals surface area contributed by atoms with E-state index in [-0.39, 0.29) is 22.3 Å². The van der Waals surface area contributed by atoms with E-state index in [0.29, 0.717) is 11.4 Å². The van der Waals surface area contributed by atoms with Gasteiger partial charge in [0.2, 0.25) is 21.2 Å². The number of halogens is 1. The summed E-state index contributed by atoms with van der Waals surface area (Å²) in [5.41, 5.74) is 0.919. The molecule has 1 N–H and O–H groups in total. The van der Waals surface area contributed by atoms with E-state index in [0.717, 1.165) is 23.9 Å². The number of benzene rings is 3. The van der Waals surface area contributed by atoms with Crippen LogP contribution in [0.5, 0.6) is 5.75 Å². The molecule has 0 bridgehead atoms. The molecule has 0 aliphatic carbocycles. The zero-order valence-corrected chi connectivity index (χ0v) is 19.2. The number of amides is 1. The minimum absolute atomic E-state index is 0.128. The topological polar surface area (TPSA) is 94.5 Å². The van der Waals surface area contributed by atoms with Crippen LogP contribution in [0.4, 0.5) is 10.1 Å². The maximum Gasteiger partial charge on any atom is 0.244 e. The van der Waals surface area contributed by atoms with Gasteiger partial charge in [0.05, 0.1) is 17.5 Å². The summed E-state index contributed by atoms with van der Waals surface area (Å²) in [6.07, 6.45) is 1.12. The van der Waals surface area contributed by atoms with Crippen molar-refractivity contribution in [3.8, 4) is 5.75 Å². The Hall–Kier alpha value is -3.98. The van der Waals surface area contributed by atoms with Gasteiger partial charge < -0.3 is 14.6 Å². The third-order valence-electron chi connectivity index (χ3n) is 5.28. The number of ether oxygens (including phenoxy) is 1. The van der Waals surface area contributed by atoms with Crippen LogP contribution in [-0.2, 0) is 21.2 Å². The van der Waals surface area contributed by atoms with Gasteiger partial charge in [0.25, 0.3) is 0 Å². The monoisotopic (exact) mass is 480 g/mol. The van der Waals surface area contributed by atoms with Gasteiger partial charge in [-0.3, -0.25) is 9.59 Å². The van der Waals surface area contributed by atoms with E-state index in [1.807, 2.05) is 13.0 Å². The largest absolute Gasteiger partial charge is 0.497 e. The Balaban J connectivity index is 1.81. The molecule has 0 unspecified atom stereocenters. The minimum atomic E-state index is -4.26. The molecule has 1 amide bonds. The summed E-state index contributed by atoms with van der Waals surface area (Å²) in [5.74, 6) is -0.684. The molecule has 34 heavy (non-hydrogen) atoms. The Morgan fingerprint density at radius 1 is 1.06 bits per heavy atom. The zero-order chi connectivity index (χ0) is 24.5. The molecule has 0 fully saturated rings. The van der Waals surface area contributed by atoms with Crippen LogP contribution < -0.4 is 15.5 Å². The van der Waals surface area contributed by atoms with Crippen molar-refractivity contribution in [1.29, 1.82) is 0 Å². The van der Waals surface area contributed by atoms with Crippen LogP contribution in [0.25, 0.3) is 10.9 Å². The van der Waals surface area contributed by atoms with Crippen LogP contribution >= 0.6 is 0 Å². The summed E-state index contributed by atoms with van der Waals surface area (Å²) in [6.45, 7) is 1.59. The van der Waals surface area contributed by atoms with Gasteiger partial charge in [-0.1, -0.05) is 12.1 Å². The molecule has 0 saturated heterocycles. The van der Waals surface area contributed by atoms with E-state index in [1.165, 1.54) is 42.0 Å². The second-order valence-corrected chi connectivity index (χ2v) is 9.63. The predicted octanol–water partition coefficient (Wildman–Crippen LogP) is 3.93. The van der Waals surface area contributed by atoms with E-state index in [4.69, 9.17) is 4.74 Å². The van der Waals surface area contributed by atoms with E-state index in [9.17, 15) is 22.4 Å². The summed E-state index contributed by atoms with van der Waals surface area (Å²) < 4.78 is 47.0. The zero-order valence-electron chi connectivity index (χ0n) is 18.4. The first-order valence-corrected chi connectivity index (χ1v) is 11.8. The first-order valence-electron chi connectivity index (χ1n) is 10.3. The van der Waals surface area contributed by atoms with E-state index >= 15 is 0 Å². The number of fused-ring (bicyclic) bond motifs is 1. The van der Waals surface area contributed by atoms with Crippen molar-refractivity contribution in [3.05, 3.63) is 94.5 Å². The van der Waals surface area contributed by atoms with Crippen LogP contribution in [0.2, 0.25) is 0 Å². The molecule has 0 spiro atoms. The standard InChI is InChI=1S/C25H21FN2O5S/c1-16-4-3-5-18(12-16)27-24(29)15-28-14-23(25(30)21-13-17(26)6-11-22(21)28)34(31,32)20-9-7-19(33-2)8-10-20/h3-14H,15H2,1-2H3,(H,27,29). The minimum Gasteiger partial charge on any atom is -0.497 e. The Labute approximate surface area is 195 Å². The lowest BCUT2D eigenvalue weighted by atomic mass is 10.2. The molecule has 0 saturated carbocycles. The SMILES string of the molecule is COc1ccc(S(=O)(=O)c2cn(CC(=O)Nc3cccc(C)c3)c3ccc(F)cc3c2=O)cc1. The number of methoxy groups -OCH3 is 1. The highest BCUT2D eigenvalue weighted by Gasteiger charge is 2.24. The van der Waals surface area contributed by atoms with Crippen LogP contribution in [0.3, 0.4) is 0 Å². The van der Waals surface area contributed by atoms with Gasteiger partial charge in [0.15, 0.2) is 0 Å². The molecule has 4 rings (SSSR count). The number of hydrogen-bond donors (Lipinski definition) is 1. The van der Waals surface area contributed by atoms with E-state index in [1.54, 1.807) is 18.2 Å². The fourth-order valence-electron chi connectivity index (χ4n) is 3.63. The Morgan fingerprint density at radius 2 is 1.79 bits per heavy atom. The fraction of sp³-hybridized carbons (Fsp3) is 0.120. The molecule has 174 valence electrons. The number of nitrogens with zero attached hydrogens (tertiary/aromatic N) is 1. The smallest absolute Gasteiger partial charge is 0.244 e. The fourth-order valence-corrected chi connectivity index (χ4v) is 4.99. The molecule has 4 aromatic rings. The van der Waals surface area contributed by atoms with E-state index in [2.05, 4.69) is 5.32 Å². The van der Waals surface area contributed by atoms with Gasteiger partial charge >= 0.3 is 0 Å². The lowest BCUT2D eigenvalue weighted by Crippen LogP contribution is -2.24. The number of hydrogen-bond acceptors (Lipinski definition) is 5. The summed E-state index contributed by atoms with van der Waals surface area (Å²) in [4.78, 5) is 25.2. The Bertz CT molecular complexity index is 1560. The van der Waals surface area contributed by atoms with Crippen LogP contribution in [0.15, 0.2) is 87.5 Å². The van der Waals surface area contributed by atoms with Gasteiger partial charge in [-0.15, -0.1) is 0 Å². The number of anilines is 1. The lowest BCUT2D eigenvalue weighted by molar-refractivity contribution is -0.116. The normalized spacial score (nSPS) is 11.4. The van der Waals surface area contributed by atoms with Gasteiger partial charge in [-0.2, -0.15) is 0 Å². The third-order valence-corrected chi connectivity index (χ3v) is 7.05. The van der Waals surface area contributed by atoms with Crippen LogP contribution in [0, 0.1) is 12.7 Å². The van der Waals surface area contributed by atoms with Gasteiger partial charge in [-0.25, -0.2) is 12.8 Å². The molecule has 3 aromatic carbocycles. The predicted molar refractivity (Wildman–Crippen MR) is 126 cm³/mol. The van der Waals surface area contributed by atoms with Crippen molar-refractivity contribution in [2.24, 2.45) is 0 Å². The molecule has 0 radical (unpaired) electrons. The average Bonchev–Trinajstić information content (AvgIpc) is 2.80. The number of pyridine rings is 1. The first kappa shape index (κ1) is 23.2. The van der Waals surface area contributed by atoms with Crippen LogP contribution in [0.1, 0.15) is 5.56 Å². The van der Waals surface area contributed by atoms with Gasteiger partial charge in [-0.05, 0) is 67.1 Å². The highest BCUT2D eigenvalue weighted by atomic mass is 32.2. The summed E-state index contributed by atoms with van der Waals surface area (Å²) in [7, 11) is -2.82. The number of sulfone groups is 1. The first-order chi connectivity index (χ1) is 16.2. The summed E-state index contributed by atoms with van der Waals surface area (Å²) in [6, 6.07) is 16.2. The number of carbonyl (C=O) groups excluding carboxylic acids is 1. The molecule has 0 aliphatic rings. The third kappa shape index (κ3) is 4.55. The number of aromatic nitrogens is 1. The quantitative estimate of drug-likeness (QED) is 0.451. The number of carbonyl (C=O) groups is 1. The molecular weight excluding hydrogens is 459 g/mol. The van der Waals surface area contributed by atoms with Crippen molar-refractivity contribution in [1.82, 2.24) is 4.57 Å². The summed E-state index contributed by atoms with van der Waals surface area (Å²) in [5, 5.41) is 2.61. The van der Waals surface area contributed by atoms with Gasteiger partial charge in [0, 0.05) is 17.3 Å². The summed E-state index contributed by atoms with van der Waals surface area (Å²) >= 11 is 0. The Kier molecular flexibility index (Phi) is 6.21. The van der Waals surface area contributed by atoms with Crippen molar-refractivity contribution < 1.29 is 22.3 Å². The van der Waals surface area contributed by atoms with Crippen molar-refractivity contribution in [2.45, 2.75) is 23.3 Å². The molecule has 7 nitrogen and oxygen atoms in total. The second kappa shape index (κ2) is 9.11. The number of nitrogens with one attached hydrogen (secondary N) is 1. The van der Waals surface area contributed by atoms with E-state index < -0.39 is 31.9 Å². The highest BCUT2D eigenvalue weighted by Crippen LogP contribution is 2.24. The molecule has 1 heterocycles. The molecule has 0 aliphatic heterocycles. The van der Waals surface area contributed by atoms with Crippen molar-refractivity contribution in [2.75, 3.05) is 12.4 Å².